The number of nitrogens with zero attached hydrogens (tertiary/aromatic N) is 1. The molecular formula is C7H7BNOS. The van der Waals surface area contributed by atoms with Crippen molar-refractivity contribution in [3.63, 3.8) is 0 Å². The highest BCUT2D eigenvalue weighted by Crippen LogP contribution is 2.19. The lowest BCUT2D eigenvalue weighted by Crippen LogP contribution is -2.05. The average molecular weight is 164 g/mol. The molecule has 0 amide bonds. The van der Waals surface area contributed by atoms with Crippen LogP contribution in [-0.2, 0) is 4.74 Å². The second-order valence-corrected chi connectivity index (χ2v) is 3.32. The molecule has 0 aromatic rings. The first kappa shape index (κ1) is 7.04. The number of hydrogen-bond acceptors (Lipinski definition) is 3. The largest absolute Gasteiger partial charge is 0.474 e. The minimum atomic E-state index is 0.939. The van der Waals surface area contributed by atoms with E-state index in [2.05, 4.69) is 4.99 Å². The van der Waals surface area contributed by atoms with E-state index in [0.717, 1.165) is 22.8 Å². The Morgan fingerprint density at radius 2 is 2.64 bits per heavy atom. The summed E-state index contributed by atoms with van der Waals surface area (Å²) in [7, 11) is 2.01. The summed E-state index contributed by atoms with van der Waals surface area (Å²) in [5.41, 5.74) is 1.09. The third-order valence-corrected chi connectivity index (χ3v) is 2.49. The SMILES string of the molecule is [B]1C=COC=C1C1=NCCS1. The van der Waals surface area contributed by atoms with Crippen molar-refractivity contribution in [1.82, 2.24) is 0 Å². The topological polar surface area (TPSA) is 21.6 Å². The van der Waals surface area contributed by atoms with Crippen molar-refractivity contribution in [2.45, 2.75) is 0 Å². The van der Waals surface area contributed by atoms with Crippen LogP contribution in [0.5, 0.6) is 0 Å². The van der Waals surface area contributed by atoms with Crippen LogP contribution < -0.4 is 0 Å². The Morgan fingerprint density at radius 3 is 3.27 bits per heavy atom. The molecule has 0 spiro atoms. The highest BCUT2D eigenvalue weighted by atomic mass is 32.2. The monoisotopic (exact) mass is 164 g/mol. The van der Waals surface area contributed by atoms with Crippen LogP contribution in [0.2, 0.25) is 0 Å². The molecule has 0 bridgehead atoms. The number of rotatable bonds is 1. The van der Waals surface area contributed by atoms with Gasteiger partial charge < -0.3 is 4.74 Å². The fraction of sp³-hybridized carbons (Fsp3) is 0.286. The summed E-state index contributed by atoms with van der Waals surface area (Å²) in [4.78, 5) is 4.33. The van der Waals surface area contributed by atoms with Gasteiger partial charge in [0.15, 0.2) is 7.28 Å². The molecule has 0 saturated carbocycles. The molecule has 2 aliphatic heterocycles. The summed E-state index contributed by atoms with van der Waals surface area (Å²) in [6.45, 7) is 0.939. The minimum absolute atomic E-state index is 0.939. The summed E-state index contributed by atoms with van der Waals surface area (Å²) in [6, 6.07) is 0. The molecule has 2 nitrogen and oxygen atoms in total. The zero-order valence-corrected chi connectivity index (χ0v) is 6.80. The van der Waals surface area contributed by atoms with E-state index in [1.54, 1.807) is 24.3 Å². The lowest BCUT2D eigenvalue weighted by atomic mass is 9.70. The van der Waals surface area contributed by atoms with Crippen LogP contribution in [0.15, 0.2) is 29.0 Å². The summed E-state index contributed by atoms with van der Waals surface area (Å²) in [6.07, 6.45) is 3.39. The lowest BCUT2D eigenvalue weighted by molar-refractivity contribution is 0.401. The highest BCUT2D eigenvalue weighted by molar-refractivity contribution is 8.14. The molecule has 1 radical (unpaired) electrons. The summed E-state index contributed by atoms with van der Waals surface area (Å²) < 4.78 is 5.03. The van der Waals surface area contributed by atoms with Gasteiger partial charge in [0, 0.05) is 12.3 Å². The second kappa shape index (κ2) is 3.18. The van der Waals surface area contributed by atoms with Crippen LogP contribution >= 0.6 is 11.8 Å². The van der Waals surface area contributed by atoms with Crippen LogP contribution in [0, 0.1) is 0 Å². The van der Waals surface area contributed by atoms with Crippen LogP contribution in [0.25, 0.3) is 0 Å². The van der Waals surface area contributed by atoms with Gasteiger partial charge in [0.05, 0.1) is 17.6 Å². The van der Waals surface area contributed by atoms with Gasteiger partial charge >= 0.3 is 0 Å². The first-order valence-corrected chi connectivity index (χ1v) is 4.48. The Hall–Kier alpha value is -0.635. The van der Waals surface area contributed by atoms with Gasteiger partial charge in [-0.1, -0.05) is 5.98 Å². The fourth-order valence-corrected chi connectivity index (χ4v) is 1.81. The van der Waals surface area contributed by atoms with E-state index in [0.29, 0.717) is 0 Å². The third kappa shape index (κ3) is 1.51. The van der Waals surface area contributed by atoms with Crippen LogP contribution in [0.4, 0.5) is 0 Å². The number of thioether (sulfide) groups is 1. The Labute approximate surface area is 70.7 Å². The molecule has 2 heterocycles. The van der Waals surface area contributed by atoms with Gasteiger partial charge in [-0.2, -0.15) is 0 Å². The zero-order valence-electron chi connectivity index (χ0n) is 5.99. The molecular weight excluding hydrogens is 157 g/mol. The van der Waals surface area contributed by atoms with Gasteiger partial charge in [-0.15, -0.1) is 11.8 Å². The van der Waals surface area contributed by atoms with Crippen LogP contribution in [0.1, 0.15) is 0 Å². The maximum Gasteiger partial charge on any atom is 0.193 e. The van der Waals surface area contributed by atoms with E-state index < -0.39 is 0 Å². The third-order valence-electron chi connectivity index (χ3n) is 1.46. The molecule has 11 heavy (non-hydrogen) atoms. The first-order valence-electron chi connectivity index (χ1n) is 3.50. The van der Waals surface area contributed by atoms with E-state index in [9.17, 15) is 0 Å². The van der Waals surface area contributed by atoms with E-state index in [4.69, 9.17) is 4.74 Å². The minimum Gasteiger partial charge on any atom is -0.474 e. The summed E-state index contributed by atoms with van der Waals surface area (Å²) >= 11 is 1.79. The van der Waals surface area contributed by atoms with E-state index in [1.165, 1.54) is 0 Å². The van der Waals surface area contributed by atoms with Crippen LogP contribution in [0.3, 0.4) is 0 Å². The standard InChI is InChI=1S/C7H7BNOS/c1-3-10-5-6(8-1)7-9-2-4-11-7/h1,3,5H,2,4H2. The molecule has 0 aliphatic carbocycles. The van der Waals surface area contributed by atoms with Crippen molar-refractivity contribution < 1.29 is 4.74 Å². The molecule has 0 aromatic heterocycles. The number of aliphatic imine (C=N–C) groups is 1. The maximum absolute atomic E-state index is 5.03. The molecule has 2 aliphatic rings. The van der Waals surface area contributed by atoms with Crippen molar-refractivity contribution in [3.05, 3.63) is 24.0 Å². The van der Waals surface area contributed by atoms with Crippen molar-refractivity contribution in [1.29, 1.82) is 0 Å². The number of ether oxygens (including phenoxy) is 1. The maximum atomic E-state index is 5.03. The van der Waals surface area contributed by atoms with Gasteiger partial charge in [0.1, 0.15) is 0 Å². The fourth-order valence-electron chi connectivity index (χ4n) is 0.972. The normalized spacial score (nSPS) is 21.8. The average Bonchev–Trinajstić information content (AvgIpc) is 2.58. The van der Waals surface area contributed by atoms with E-state index >= 15 is 0 Å². The van der Waals surface area contributed by atoms with Crippen LogP contribution in [-0.4, -0.2) is 24.6 Å². The van der Waals surface area contributed by atoms with Gasteiger partial charge in [0.25, 0.3) is 0 Å². The Bertz CT molecular complexity index is 247. The van der Waals surface area contributed by atoms with Crippen molar-refractivity contribution >= 4 is 24.1 Å². The number of hydrogen-bond donors (Lipinski definition) is 0. The second-order valence-electron chi connectivity index (χ2n) is 2.24. The smallest absolute Gasteiger partial charge is 0.193 e. The van der Waals surface area contributed by atoms with Crippen molar-refractivity contribution in [2.75, 3.05) is 12.3 Å². The van der Waals surface area contributed by atoms with Crippen molar-refractivity contribution in [2.24, 2.45) is 4.99 Å². The zero-order chi connectivity index (χ0) is 7.52. The summed E-state index contributed by atoms with van der Waals surface area (Å²) in [5.74, 6) is 2.99. The molecule has 2 rings (SSSR count). The molecule has 55 valence electrons. The lowest BCUT2D eigenvalue weighted by Gasteiger charge is -2.05. The van der Waals surface area contributed by atoms with E-state index in [-0.39, 0.29) is 0 Å². The molecule has 0 aromatic carbocycles. The molecule has 0 atom stereocenters. The summed E-state index contributed by atoms with van der Waals surface area (Å²) in [5, 5.41) is 1.11. The molecule has 0 saturated heterocycles. The van der Waals surface area contributed by atoms with Crippen molar-refractivity contribution in [3.8, 4) is 0 Å². The van der Waals surface area contributed by atoms with Gasteiger partial charge in [0.2, 0.25) is 0 Å². The molecule has 0 fully saturated rings. The van der Waals surface area contributed by atoms with E-state index in [1.807, 2.05) is 13.3 Å². The molecule has 0 unspecified atom stereocenters. The van der Waals surface area contributed by atoms with Gasteiger partial charge in [-0.25, -0.2) is 0 Å². The first-order chi connectivity index (χ1) is 5.47. The Balaban J connectivity index is 2.09. The Morgan fingerprint density at radius 1 is 1.64 bits per heavy atom. The quantitative estimate of drug-likeness (QED) is 0.542. The van der Waals surface area contributed by atoms with Gasteiger partial charge in [-0.05, 0) is 5.47 Å². The predicted molar refractivity (Wildman–Crippen MR) is 48.8 cm³/mol. The molecule has 0 N–H and O–H groups in total. The predicted octanol–water partition coefficient (Wildman–Crippen LogP) is 1.18. The highest BCUT2D eigenvalue weighted by Gasteiger charge is 2.13. The molecule has 4 heteroatoms. The van der Waals surface area contributed by atoms with Gasteiger partial charge in [-0.3, -0.25) is 4.99 Å². The Kier molecular flexibility index (Phi) is 2.03.